The van der Waals surface area contributed by atoms with E-state index in [0.29, 0.717) is 24.5 Å². The Kier molecular flexibility index (Phi) is 6.14. The number of nitrogens with two attached hydrogens (primary N) is 1. The average Bonchev–Trinajstić information content (AvgIpc) is 3.08. The minimum Gasteiger partial charge on any atom is -0.497 e. The third-order valence-corrected chi connectivity index (χ3v) is 6.50. The number of ether oxygens (including phenoxy) is 1. The van der Waals surface area contributed by atoms with Crippen LogP contribution < -0.4 is 15.5 Å². The molecule has 0 bridgehead atoms. The van der Waals surface area contributed by atoms with Gasteiger partial charge in [-0.1, -0.05) is 18.7 Å². The Balaban J connectivity index is 1.62. The number of methoxy groups -OCH3 is 1. The fourth-order valence-electron chi connectivity index (χ4n) is 4.53. The van der Waals surface area contributed by atoms with E-state index in [0.717, 1.165) is 42.8 Å². The van der Waals surface area contributed by atoms with E-state index in [9.17, 15) is 4.79 Å². The van der Waals surface area contributed by atoms with E-state index in [4.69, 9.17) is 10.6 Å². The van der Waals surface area contributed by atoms with Gasteiger partial charge in [-0.05, 0) is 55.3 Å². The number of nitrogens with zero attached hydrogens (tertiary/aromatic N) is 5. The molecule has 0 atom stereocenters. The lowest BCUT2D eigenvalue weighted by Gasteiger charge is -2.42. The second kappa shape index (κ2) is 9.00. The number of benzene rings is 1. The number of pyridine rings is 1. The topological polar surface area (TPSA) is 87.3 Å². The van der Waals surface area contributed by atoms with E-state index >= 15 is 0 Å². The summed E-state index contributed by atoms with van der Waals surface area (Å²) >= 11 is 0. The molecule has 32 heavy (non-hydrogen) atoms. The Labute approximate surface area is 189 Å². The Morgan fingerprint density at radius 2 is 2.09 bits per heavy atom. The minimum atomic E-state index is -0.219. The number of likely N-dealkylation sites (tertiary alicyclic amines) is 1. The van der Waals surface area contributed by atoms with Gasteiger partial charge in [-0.2, -0.15) is 5.10 Å². The Hall–Kier alpha value is -3.39. The zero-order valence-electron chi connectivity index (χ0n) is 18.7. The highest BCUT2D eigenvalue weighted by Crippen LogP contribution is 2.39. The van der Waals surface area contributed by atoms with Crippen LogP contribution in [-0.2, 0) is 6.54 Å². The summed E-state index contributed by atoms with van der Waals surface area (Å²) in [6.45, 7) is 7.02. The molecule has 1 aromatic carbocycles. The zero-order valence-corrected chi connectivity index (χ0v) is 18.7. The van der Waals surface area contributed by atoms with Crippen LogP contribution in [-0.4, -0.2) is 66.4 Å². The molecule has 0 saturated carbocycles. The average molecular weight is 435 g/mol. The highest BCUT2D eigenvalue weighted by molar-refractivity contribution is 6.08. The molecular formula is C24H30N6O2. The van der Waals surface area contributed by atoms with Crippen LogP contribution in [0.15, 0.2) is 54.3 Å². The number of allylic oxidation sites excluding steroid dienone is 1. The smallest absolute Gasteiger partial charge is 0.326 e. The molecule has 2 saturated heterocycles. The molecule has 0 radical (unpaired) electrons. The summed E-state index contributed by atoms with van der Waals surface area (Å²) in [5.41, 5.74) is 2.32. The van der Waals surface area contributed by atoms with E-state index in [1.54, 1.807) is 18.2 Å². The van der Waals surface area contributed by atoms with Gasteiger partial charge in [0.25, 0.3) is 0 Å². The zero-order chi connectivity index (χ0) is 22.7. The number of anilines is 1. The lowest BCUT2D eigenvalue weighted by Crippen LogP contribution is -2.53. The van der Waals surface area contributed by atoms with Crippen LogP contribution in [0.5, 0.6) is 5.75 Å². The second-order valence-corrected chi connectivity index (χ2v) is 8.54. The summed E-state index contributed by atoms with van der Waals surface area (Å²) in [6.07, 6.45) is 5.05. The van der Waals surface area contributed by atoms with Crippen molar-refractivity contribution in [3.05, 3.63) is 60.3 Å². The van der Waals surface area contributed by atoms with Crippen LogP contribution >= 0.6 is 0 Å². The third-order valence-electron chi connectivity index (χ3n) is 6.50. The Morgan fingerprint density at radius 1 is 1.31 bits per heavy atom. The maximum atomic E-state index is 13.7. The van der Waals surface area contributed by atoms with Crippen LogP contribution in [0, 0.1) is 0 Å². The first-order valence-electron chi connectivity index (χ1n) is 10.7. The van der Waals surface area contributed by atoms with E-state index in [-0.39, 0.29) is 11.6 Å². The predicted molar refractivity (Wildman–Crippen MR) is 127 cm³/mol. The molecule has 8 heteroatoms. The normalized spacial score (nSPS) is 18.6. The molecule has 2 aromatic rings. The van der Waals surface area contributed by atoms with Crippen LogP contribution in [0.2, 0.25) is 0 Å². The number of piperidine rings is 1. The quantitative estimate of drug-likeness (QED) is 0.429. The van der Waals surface area contributed by atoms with Crippen molar-refractivity contribution in [1.82, 2.24) is 14.8 Å². The predicted octanol–water partition coefficient (Wildman–Crippen LogP) is 2.95. The second-order valence-electron chi connectivity index (χ2n) is 8.54. The summed E-state index contributed by atoms with van der Waals surface area (Å²) in [5, 5.41) is 3.51. The van der Waals surface area contributed by atoms with Crippen molar-refractivity contribution in [1.29, 1.82) is 0 Å². The molecule has 0 unspecified atom stereocenters. The Morgan fingerprint density at radius 3 is 2.75 bits per heavy atom. The number of rotatable bonds is 6. The van der Waals surface area contributed by atoms with Crippen molar-refractivity contribution >= 4 is 23.6 Å². The van der Waals surface area contributed by atoms with Crippen molar-refractivity contribution in [3.8, 4) is 5.75 Å². The molecule has 2 amide bonds. The molecule has 1 aromatic heterocycles. The number of amides is 2. The molecule has 2 aliphatic heterocycles. The lowest BCUT2D eigenvalue weighted by atomic mass is 9.86. The summed E-state index contributed by atoms with van der Waals surface area (Å²) < 4.78 is 5.38. The van der Waals surface area contributed by atoms with Gasteiger partial charge < -0.3 is 20.4 Å². The molecule has 3 heterocycles. The van der Waals surface area contributed by atoms with Crippen molar-refractivity contribution in [2.24, 2.45) is 10.9 Å². The van der Waals surface area contributed by atoms with Crippen LogP contribution in [0.4, 0.5) is 10.6 Å². The molecule has 168 valence electrons. The molecular weight excluding hydrogens is 404 g/mol. The first kappa shape index (κ1) is 21.8. The molecule has 8 nitrogen and oxygen atoms in total. The number of urea groups is 1. The van der Waals surface area contributed by atoms with Crippen LogP contribution in [0.3, 0.4) is 0 Å². The molecule has 1 spiro atoms. The fourth-order valence-corrected chi connectivity index (χ4v) is 4.53. The monoisotopic (exact) mass is 434 g/mol. The third kappa shape index (κ3) is 4.18. The van der Waals surface area contributed by atoms with Crippen molar-refractivity contribution in [2.75, 3.05) is 38.7 Å². The van der Waals surface area contributed by atoms with Gasteiger partial charge in [0.15, 0.2) is 0 Å². The van der Waals surface area contributed by atoms with Gasteiger partial charge in [-0.25, -0.2) is 9.78 Å². The maximum absolute atomic E-state index is 13.7. The summed E-state index contributed by atoms with van der Waals surface area (Å²) in [6, 6.07) is 11.7. The summed E-state index contributed by atoms with van der Waals surface area (Å²) in [7, 11) is 3.79. The standard InChI is InChI=1S/C24H30N6O2/c1-18(14-27-25)20-7-8-22(26-15-20)29-17-24(9-11-28(2)12-10-24)30(23(29)31)16-19-5-4-6-21(13-19)32-3/h4-8,13-15H,1,9-12,16-17,25H2,2-3H3/b27-14-. The van der Waals surface area contributed by atoms with E-state index in [2.05, 4.69) is 28.6 Å². The molecule has 2 N–H and O–H groups in total. The number of hydrogen-bond donors (Lipinski definition) is 1. The highest BCUT2D eigenvalue weighted by Gasteiger charge is 2.51. The number of hydrogen-bond acceptors (Lipinski definition) is 6. The maximum Gasteiger partial charge on any atom is 0.326 e. The van der Waals surface area contributed by atoms with Gasteiger partial charge in [0.2, 0.25) is 0 Å². The molecule has 0 aliphatic carbocycles. The van der Waals surface area contributed by atoms with Crippen molar-refractivity contribution in [2.45, 2.75) is 24.9 Å². The molecule has 2 fully saturated rings. The van der Waals surface area contributed by atoms with Gasteiger partial charge >= 0.3 is 6.03 Å². The van der Waals surface area contributed by atoms with Gasteiger partial charge in [0.05, 0.1) is 25.4 Å². The van der Waals surface area contributed by atoms with Crippen LogP contribution in [0.25, 0.3) is 5.57 Å². The largest absolute Gasteiger partial charge is 0.497 e. The van der Waals surface area contributed by atoms with E-state index < -0.39 is 0 Å². The minimum absolute atomic E-state index is 0.0139. The number of aromatic nitrogens is 1. The fraction of sp³-hybridized carbons (Fsp3) is 0.375. The molecule has 4 rings (SSSR count). The number of hydrazone groups is 1. The highest BCUT2D eigenvalue weighted by atomic mass is 16.5. The first-order valence-corrected chi connectivity index (χ1v) is 10.7. The van der Waals surface area contributed by atoms with Gasteiger partial charge in [-0.3, -0.25) is 4.90 Å². The SMILES string of the molecule is C=C(/C=N\N)c1ccc(N2CC3(CCN(C)CC3)N(Cc3cccc(OC)c3)C2=O)nc1. The summed E-state index contributed by atoms with van der Waals surface area (Å²) in [5.74, 6) is 6.65. The van der Waals surface area contributed by atoms with Gasteiger partial charge in [-0.15, -0.1) is 0 Å². The lowest BCUT2D eigenvalue weighted by molar-refractivity contribution is 0.0825. The first-order chi connectivity index (χ1) is 15.5. The van der Waals surface area contributed by atoms with Crippen LogP contribution in [0.1, 0.15) is 24.0 Å². The summed E-state index contributed by atoms with van der Waals surface area (Å²) in [4.78, 5) is 24.4. The number of carbonyl (C=O) groups is 1. The molecule has 2 aliphatic rings. The number of carbonyl (C=O) groups excluding carboxylic acids is 1. The Bertz CT molecular complexity index is 1010. The van der Waals surface area contributed by atoms with Gasteiger partial charge in [0.1, 0.15) is 11.6 Å². The van der Waals surface area contributed by atoms with Gasteiger partial charge in [0, 0.05) is 31.4 Å². The van der Waals surface area contributed by atoms with E-state index in [1.807, 2.05) is 41.3 Å². The van der Waals surface area contributed by atoms with E-state index in [1.165, 1.54) is 6.21 Å². The van der Waals surface area contributed by atoms with Crippen molar-refractivity contribution in [3.63, 3.8) is 0 Å². The van der Waals surface area contributed by atoms with Crippen molar-refractivity contribution < 1.29 is 9.53 Å².